The molecular formula is C25H23FN4O4S. The first-order chi connectivity index (χ1) is 16.8. The number of furan rings is 1. The number of hydrogen-bond acceptors (Lipinski definition) is 6. The van der Waals surface area contributed by atoms with Crippen LogP contribution in [0.15, 0.2) is 76.3 Å². The number of hydrogen-bond donors (Lipinski definition) is 2. The van der Waals surface area contributed by atoms with E-state index >= 15 is 0 Å². The van der Waals surface area contributed by atoms with Crippen molar-refractivity contribution in [3.63, 3.8) is 0 Å². The maximum Gasteiger partial charge on any atom is 0.247 e. The lowest BCUT2D eigenvalue weighted by atomic mass is 10.1. The Balaban J connectivity index is 1.54. The first-order valence-electron chi connectivity index (χ1n) is 10.8. The van der Waals surface area contributed by atoms with Crippen LogP contribution < -0.4 is 10.6 Å². The lowest BCUT2D eigenvalue weighted by molar-refractivity contribution is -0.126. The SMILES string of the molecule is CC(=O)N[C@@H](C)C(=O)Nc1ccc(C2SC(=Nc3cccc(F)c3)N(Cc3ccco3)C2=O)cc1. The van der Waals surface area contributed by atoms with Crippen LogP contribution in [0.4, 0.5) is 15.8 Å². The van der Waals surface area contributed by atoms with Crippen molar-refractivity contribution in [1.82, 2.24) is 10.2 Å². The zero-order valence-electron chi connectivity index (χ0n) is 19.0. The minimum absolute atomic E-state index is 0.183. The lowest BCUT2D eigenvalue weighted by Gasteiger charge is -2.15. The molecule has 1 aromatic heterocycles. The second kappa shape index (κ2) is 10.6. The summed E-state index contributed by atoms with van der Waals surface area (Å²) in [6.07, 6.45) is 1.53. The van der Waals surface area contributed by atoms with Gasteiger partial charge in [0.05, 0.1) is 18.5 Å². The molecule has 3 amide bonds. The summed E-state index contributed by atoms with van der Waals surface area (Å²) in [5.41, 5.74) is 1.66. The van der Waals surface area contributed by atoms with E-state index in [0.29, 0.717) is 22.3 Å². The predicted octanol–water partition coefficient (Wildman–Crippen LogP) is 4.39. The van der Waals surface area contributed by atoms with Crippen LogP contribution in [-0.2, 0) is 20.9 Å². The maximum atomic E-state index is 13.7. The molecule has 4 rings (SSSR count). The number of benzene rings is 2. The molecule has 1 fully saturated rings. The van der Waals surface area contributed by atoms with Crippen molar-refractivity contribution in [2.45, 2.75) is 31.7 Å². The second-order valence-electron chi connectivity index (χ2n) is 7.91. The average molecular weight is 495 g/mol. The average Bonchev–Trinajstić information content (AvgIpc) is 3.43. The summed E-state index contributed by atoms with van der Waals surface area (Å²) >= 11 is 1.26. The summed E-state index contributed by atoms with van der Waals surface area (Å²) in [6.45, 7) is 3.13. The number of nitrogens with zero attached hydrogens (tertiary/aromatic N) is 2. The van der Waals surface area contributed by atoms with E-state index in [0.717, 1.165) is 5.56 Å². The van der Waals surface area contributed by atoms with Gasteiger partial charge in [-0.3, -0.25) is 19.3 Å². The van der Waals surface area contributed by atoms with Crippen molar-refractivity contribution in [1.29, 1.82) is 0 Å². The topological polar surface area (TPSA) is 104 Å². The number of nitrogens with one attached hydrogen (secondary N) is 2. The molecule has 1 unspecified atom stereocenters. The van der Waals surface area contributed by atoms with E-state index in [2.05, 4.69) is 15.6 Å². The summed E-state index contributed by atoms with van der Waals surface area (Å²) in [7, 11) is 0. The van der Waals surface area contributed by atoms with Crippen LogP contribution in [0.5, 0.6) is 0 Å². The van der Waals surface area contributed by atoms with Crippen molar-refractivity contribution < 1.29 is 23.2 Å². The van der Waals surface area contributed by atoms with E-state index in [1.807, 2.05) is 0 Å². The van der Waals surface area contributed by atoms with Crippen LogP contribution in [0, 0.1) is 5.82 Å². The number of amides is 3. The molecule has 2 aromatic carbocycles. The first kappa shape index (κ1) is 24.2. The third-order valence-corrected chi connectivity index (χ3v) is 6.40. The first-order valence-corrected chi connectivity index (χ1v) is 11.7. The minimum Gasteiger partial charge on any atom is -0.467 e. The molecule has 8 nitrogen and oxygen atoms in total. The van der Waals surface area contributed by atoms with Crippen LogP contribution in [0.25, 0.3) is 0 Å². The van der Waals surface area contributed by atoms with Gasteiger partial charge in [0, 0.05) is 12.6 Å². The molecule has 0 bridgehead atoms. The Labute approximate surface area is 205 Å². The smallest absolute Gasteiger partial charge is 0.247 e. The van der Waals surface area contributed by atoms with Crippen molar-refractivity contribution in [3.05, 3.63) is 84.1 Å². The second-order valence-corrected chi connectivity index (χ2v) is 8.98. The zero-order valence-corrected chi connectivity index (χ0v) is 19.8. The largest absolute Gasteiger partial charge is 0.467 e. The summed E-state index contributed by atoms with van der Waals surface area (Å²) in [4.78, 5) is 42.8. The molecule has 0 aliphatic carbocycles. The third-order valence-electron chi connectivity index (χ3n) is 5.17. The number of carbonyl (C=O) groups is 3. The fourth-order valence-electron chi connectivity index (χ4n) is 3.47. The highest BCUT2D eigenvalue weighted by Crippen LogP contribution is 2.41. The van der Waals surface area contributed by atoms with Crippen LogP contribution in [0.1, 0.15) is 30.4 Å². The quantitative estimate of drug-likeness (QED) is 0.507. The molecular weight excluding hydrogens is 471 g/mol. The number of halogens is 1. The molecule has 0 radical (unpaired) electrons. The fraction of sp³-hybridized carbons (Fsp3) is 0.200. The number of anilines is 1. The summed E-state index contributed by atoms with van der Waals surface area (Å²) in [5.74, 6) is -0.653. The van der Waals surface area contributed by atoms with Crippen LogP contribution >= 0.6 is 11.8 Å². The van der Waals surface area contributed by atoms with Gasteiger partial charge in [0.15, 0.2) is 5.17 Å². The summed E-state index contributed by atoms with van der Waals surface area (Å²) in [5, 5.41) is 5.13. The standard InChI is InChI=1S/C25H23FN4O4S/c1-15(27-16(2)31)23(32)28-19-10-8-17(9-11-19)22-24(33)30(14-21-7-4-12-34-21)25(35-22)29-20-6-3-5-18(26)13-20/h3-13,15,22H,14H2,1-2H3,(H,27,31)(H,28,32)/t15-,22?/m0/s1. The van der Waals surface area contributed by atoms with Crippen molar-refractivity contribution >= 4 is 46.0 Å². The molecule has 1 aliphatic heterocycles. The molecule has 180 valence electrons. The van der Waals surface area contributed by atoms with Gasteiger partial charge < -0.3 is 15.1 Å². The predicted molar refractivity (Wildman–Crippen MR) is 131 cm³/mol. The number of thioether (sulfide) groups is 1. The molecule has 2 atom stereocenters. The van der Waals surface area contributed by atoms with Crippen molar-refractivity contribution in [3.8, 4) is 0 Å². The van der Waals surface area contributed by atoms with Gasteiger partial charge in [-0.05, 0) is 55.0 Å². The highest BCUT2D eigenvalue weighted by atomic mass is 32.2. The highest BCUT2D eigenvalue weighted by Gasteiger charge is 2.39. The van der Waals surface area contributed by atoms with Gasteiger partial charge in [-0.15, -0.1) is 0 Å². The van der Waals surface area contributed by atoms with E-state index < -0.39 is 17.1 Å². The van der Waals surface area contributed by atoms with Gasteiger partial charge in [0.2, 0.25) is 17.7 Å². The Morgan fingerprint density at radius 1 is 1.17 bits per heavy atom. The number of rotatable bonds is 7. The number of carbonyl (C=O) groups excluding carboxylic acids is 3. The minimum atomic E-state index is -0.684. The van der Waals surface area contributed by atoms with Gasteiger partial charge >= 0.3 is 0 Å². The molecule has 2 N–H and O–H groups in total. The molecule has 1 aliphatic rings. The lowest BCUT2D eigenvalue weighted by Crippen LogP contribution is -2.40. The number of aliphatic imine (C=N–C) groups is 1. The van der Waals surface area contributed by atoms with E-state index in [1.165, 1.54) is 42.0 Å². The van der Waals surface area contributed by atoms with Gasteiger partial charge in [0.25, 0.3) is 0 Å². The number of amidine groups is 1. The molecule has 1 saturated heterocycles. The fourth-order valence-corrected chi connectivity index (χ4v) is 4.65. The van der Waals surface area contributed by atoms with Crippen molar-refractivity contribution in [2.24, 2.45) is 4.99 Å². The third kappa shape index (κ3) is 5.96. The van der Waals surface area contributed by atoms with E-state index in [-0.39, 0.29) is 24.3 Å². The van der Waals surface area contributed by atoms with E-state index in [1.54, 1.807) is 55.5 Å². The van der Waals surface area contributed by atoms with Gasteiger partial charge in [-0.2, -0.15) is 0 Å². The Bertz CT molecular complexity index is 1260. The Morgan fingerprint density at radius 3 is 2.60 bits per heavy atom. The molecule has 0 saturated carbocycles. The zero-order chi connectivity index (χ0) is 24.9. The monoisotopic (exact) mass is 494 g/mol. The van der Waals surface area contributed by atoms with Gasteiger partial charge in [-0.1, -0.05) is 30.0 Å². The molecule has 35 heavy (non-hydrogen) atoms. The Kier molecular flexibility index (Phi) is 7.31. The van der Waals surface area contributed by atoms with Crippen molar-refractivity contribution in [2.75, 3.05) is 5.32 Å². The summed E-state index contributed by atoms with van der Waals surface area (Å²) in [6, 6.07) is 15.6. The van der Waals surface area contributed by atoms with Crippen LogP contribution in [0.2, 0.25) is 0 Å². The van der Waals surface area contributed by atoms with E-state index in [4.69, 9.17) is 4.42 Å². The van der Waals surface area contributed by atoms with Crippen LogP contribution in [-0.4, -0.2) is 33.8 Å². The maximum absolute atomic E-state index is 13.7. The normalized spacial score (nSPS) is 17.5. The Hall–Kier alpha value is -3.92. The molecule has 2 heterocycles. The highest BCUT2D eigenvalue weighted by molar-refractivity contribution is 8.15. The molecule has 3 aromatic rings. The summed E-state index contributed by atoms with van der Waals surface area (Å²) < 4.78 is 19.1. The molecule has 10 heteroatoms. The van der Waals surface area contributed by atoms with Gasteiger partial charge in [0.1, 0.15) is 22.9 Å². The Morgan fingerprint density at radius 2 is 1.94 bits per heavy atom. The van der Waals surface area contributed by atoms with Gasteiger partial charge in [-0.25, -0.2) is 9.38 Å². The molecule has 0 spiro atoms. The van der Waals surface area contributed by atoms with E-state index in [9.17, 15) is 18.8 Å². The van der Waals surface area contributed by atoms with Crippen LogP contribution in [0.3, 0.4) is 0 Å².